The number of sulfonamides is 1. The van der Waals surface area contributed by atoms with Crippen LogP contribution in [0.1, 0.15) is 19.8 Å². The molecule has 106 valence electrons. The second kappa shape index (κ2) is 5.98. The van der Waals surface area contributed by atoms with Gasteiger partial charge < -0.3 is 5.32 Å². The summed E-state index contributed by atoms with van der Waals surface area (Å²) in [4.78, 5) is -0.225. The van der Waals surface area contributed by atoms with Crippen LogP contribution in [-0.2, 0) is 10.0 Å². The normalized spacial score (nSPS) is 18.6. The molecular weight excluding hydrogens is 267 g/mol. The highest BCUT2D eigenvalue weighted by atomic mass is 32.2. The van der Waals surface area contributed by atoms with Gasteiger partial charge in [-0.3, -0.25) is 0 Å². The third-order valence-electron chi connectivity index (χ3n) is 3.40. The van der Waals surface area contributed by atoms with Crippen LogP contribution in [-0.4, -0.2) is 38.4 Å². The SMILES string of the molecule is CCNC1CCN(S(=O)(=O)c2ccccc2F)CC1. The summed E-state index contributed by atoms with van der Waals surface area (Å²) in [7, 11) is -3.70. The number of piperidine rings is 1. The minimum atomic E-state index is -3.70. The number of rotatable bonds is 4. The molecule has 1 aromatic rings. The van der Waals surface area contributed by atoms with Crippen LogP contribution in [0.5, 0.6) is 0 Å². The molecule has 0 saturated carbocycles. The van der Waals surface area contributed by atoms with E-state index < -0.39 is 15.8 Å². The molecule has 1 saturated heterocycles. The second-order valence-electron chi connectivity index (χ2n) is 4.67. The van der Waals surface area contributed by atoms with Crippen LogP contribution in [0.3, 0.4) is 0 Å². The Hall–Kier alpha value is -0.980. The van der Waals surface area contributed by atoms with Crippen LogP contribution in [0.4, 0.5) is 4.39 Å². The molecule has 19 heavy (non-hydrogen) atoms. The summed E-state index contributed by atoms with van der Waals surface area (Å²) in [6.45, 7) is 3.79. The van der Waals surface area contributed by atoms with Gasteiger partial charge in [0.15, 0.2) is 0 Å². The van der Waals surface area contributed by atoms with E-state index in [0.29, 0.717) is 19.1 Å². The van der Waals surface area contributed by atoms with Crippen LogP contribution in [0.15, 0.2) is 29.2 Å². The molecule has 1 aliphatic heterocycles. The fourth-order valence-corrected chi connectivity index (χ4v) is 3.92. The summed E-state index contributed by atoms with van der Waals surface area (Å²) in [5.41, 5.74) is 0. The Balaban J connectivity index is 2.12. The van der Waals surface area contributed by atoms with Crippen molar-refractivity contribution in [3.63, 3.8) is 0 Å². The third-order valence-corrected chi connectivity index (χ3v) is 5.33. The molecule has 1 aliphatic rings. The molecule has 0 bridgehead atoms. The molecule has 0 spiro atoms. The highest BCUT2D eigenvalue weighted by Crippen LogP contribution is 2.22. The van der Waals surface area contributed by atoms with Gasteiger partial charge in [0.05, 0.1) is 0 Å². The number of benzene rings is 1. The van der Waals surface area contributed by atoms with Crippen LogP contribution < -0.4 is 5.32 Å². The van der Waals surface area contributed by atoms with E-state index in [1.807, 2.05) is 6.92 Å². The maximum absolute atomic E-state index is 13.6. The second-order valence-corrected chi connectivity index (χ2v) is 6.57. The predicted molar refractivity (Wildman–Crippen MR) is 71.9 cm³/mol. The van der Waals surface area contributed by atoms with E-state index in [1.54, 1.807) is 6.07 Å². The van der Waals surface area contributed by atoms with Crippen molar-refractivity contribution in [2.24, 2.45) is 0 Å². The minimum absolute atomic E-state index is 0.225. The van der Waals surface area contributed by atoms with Crippen molar-refractivity contribution in [2.75, 3.05) is 19.6 Å². The van der Waals surface area contributed by atoms with Gasteiger partial charge in [0, 0.05) is 19.1 Å². The first kappa shape index (κ1) is 14.4. The fraction of sp³-hybridized carbons (Fsp3) is 0.538. The fourth-order valence-electron chi connectivity index (χ4n) is 2.38. The zero-order chi connectivity index (χ0) is 13.9. The first-order valence-corrected chi connectivity index (χ1v) is 7.97. The van der Waals surface area contributed by atoms with Gasteiger partial charge in [0.25, 0.3) is 0 Å². The van der Waals surface area contributed by atoms with Crippen LogP contribution >= 0.6 is 0 Å². The van der Waals surface area contributed by atoms with Gasteiger partial charge in [0.2, 0.25) is 10.0 Å². The molecule has 6 heteroatoms. The topological polar surface area (TPSA) is 49.4 Å². The third kappa shape index (κ3) is 3.13. The van der Waals surface area contributed by atoms with Crippen molar-refractivity contribution in [1.29, 1.82) is 0 Å². The Morgan fingerprint density at radius 3 is 2.53 bits per heavy atom. The van der Waals surface area contributed by atoms with Crippen molar-refractivity contribution in [3.8, 4) is 0 Å². The van der Waals surface area contributed by atoms with Crippen LogP contribution in [0.2, 0.25) is 0 Å². The van der Waals surface area contributed by atoms with E-state index >= 15 is 0 Å². The molecule has 0 radical (unpaired) electrons. The molecule has 2 rings (SSSR count). The molecule has 1 N–H and O–H groups in total. The first-order chi connectivity index (χ1) is 9.05. The molecule has 0 atom stereocenters. The Bertz CT molecular complexity index is 525. The number of hydrogen-bond acceptors (Lipinski definition) is 3. The highest BCUT2D eigenvalue weighted by Gasteiger charge is 2.30. The monoisotopic (exact) mass is 286 g/mol. The summed E-state index contributed by atoms with van der Waals surface area (Å²) in [6.07, 6.45) is 1.53. The summed E-state index contributed by atoms with van der Waals surface area (Å²) >= 11 is 0. The average Bonchev–Trinajstić information content (AvgIpc) is 2.40. The first-order valence-electron chi connectivity index (χ1n) is 6.53. The van der Waals surface area contributed by atoms with Crippen LogP contribution in [0.25, 0.3) is 0 Å². The summed E-state index contributed by atoms with van der Waals surface area (Å²) in [6, 6.07) is 5.89. The molecular formula is C13H19FN2O2S. The summed E-state index contributed by atoms with van der Waals surface area (Å²) in [5.74, 6) is -0.684. The Labute approximate surface area is 113 Å². The van der Waals surface area contributed by atoms with E-state index in [9.17, 15) is 12.8 Å². The van der Waals surface area contributed by atoms with Gasteiger partial charge >= 0.3 is 0 Å². The van der Waals surface area contributed by atoms with Crippen molar-refractivity contribution < 1.29 is 12.8 Å². The molecule has 1 aromatic carbocycles. The quantitative estimate of drug-likeness (QED) is 0.914. The van der Waals surface area contributed by atoms with E-state index in [2.05, 4.69) is 5.32 Å². The number of halogens is 1. The van der Waals surface area contributed by atoms with E-state index in [-0.39, 0.29) is 4.90 Å². The summed E-state index contributed by atoms with van der Waals surface area (Å²) < 4.78 is 39.7. The molecule has 4 nitrogen and oxygen atoms in total. The molecule has 0 unspecified atom stereocenters. The zero-order valence-corrected chi connectivity index (χ0v) is 11.8. The van der Waals surface area contributed by atoms with Crippen molar-refractivity contribution in [2.45, 2.75) is 30.7 Å². The maximum Gasteiger partial charge on any atom is 0.245 e. The van der Waals surface area contributed by atoms with Crippen LogP contribution in [0, 0.1) is 5.82 Å². The number of hydrogen-bond donors (Lipinski definition) is 1. The van der Waals surface area contributed by atoms with Crippen molar-refractivity contribution in [1.82, 2.24) is 9.62 Å². The van der Waals surface area contributed by atoms with Gasteiger partial charge in [-0.1, -0.05) is 19.1 Å². The van der Waals surface area contributed by atoms with Gasteiger partial charge in [-0.2, -0.15) is 4.31 Å². The number of nitrogens with one attached hydrogen (secondary N) is 1. The molecule has 1 fully saturated rings. The Kier molecular flexibility index (Phi) is 4.54. The lowest BCUT2D eigenvalue weighted by Gasteiger charge is -2.31. The van der Waals surface area contributed by atoms with E-state index in [1.165, 1.54) is 22.5 Å². The average molecular weight is 286 g/mol. The largest absolute Gasteiger partial charge is 0.314 e. The molecule has 0 amide bonds. The highest BCUT2D eigenvalue weighted by molar-refractivity contribution is 7.89. The lowest BCUT2D eigenvalue weighted by atomic mass is 10.1. The van der Waals surface area contributed by atoms with Crippen molar-refractivity contribution in [3.05, 3.63) is 30.1 Å². The number of nitrogens with zero attached hydrogens (tertiary/aromatic N) is 1. The molecule has 1 heterocycles. The molecule has 0 aromatic heterocycles. The standard InChI is InChI=1S/C13H19FN2O2S/c1-2-15-11-7-9-16(10-8-11)19(17,18)13-6-4-3-5-12(13)14/h3-6,11,15H,2,7-10H2,1H3. The van der Waals surface area contributed by atoms with Crippen molar-refractivity contribution >= 4 is 10.0 Å². The maximum atomic E-state index is 13.6. The van der Waals surface area contributed by atoms with Gasteiger partial charge in [0.1, 0.15) is 10.7 Å². The lowest BCUT2D eigenvalue weighted by Crippen LogP contribution is -2.44. The van der Waals surface area contributed by atoms with E-state index in [0.717, 1.165) is 19.4 Å². The van der Waals surface area contributed by atoms with E-state index in [4.69, 9.17) is 0 Å². The van der Waals surface area contributed by atoms with Gasteiger partial charge in [-0.15, -0.1) is 0 Å². The Morgan fingerprint density at radius 2 is 1.95 bits per heavy atom. The zero-order valence-electron chi connectivity index (χ0n) is 11.0. The lowest BCUT2D eigenvalue weighted by molar-refractivity contribution is 0.291. The van der Waals surface area contributed by atoms with Gasteiger partial charge in [-0.25, -0.2) is 12.8 Å². The molecule has 0 aliphatic carbocycles. The van der Waals surface area contributed by atoms with Gasteiger partial charge in [-0.05, 0) is 31.5 Å². The summed E-state index contributed by atoms with van der Waals surface area (Å²) in [5, 5.41) is 3.31. The smallest absolute Gasteiger partial charge is 0.245 e. The minimum Gasteiger partial charge on any atom is -0.314 e. The Morgan fingerprint density at radius 1 is 1.32 bits per heavy atom. The predicted octanol–water partition coefficient (Wildman–Crippen LogP) is 1.59.